The maximum atomic E-state index is 12.1. The Morgan fingerprint density at radius 1 is 1.17 bits per heavy atom. The van der Waals surface area contributed by atoms with Crippen LogP contribution in [0.4, 0.5) is 18.9 Å². The molecule has 132 valence electrons. The molecule has 1 aromatic rings. The molecule has 2 fully saturated rings. The Balaban J connectivity index is 1.46. The molecule has 24 heavy (non-hydrogen) atoms. The third-order valence-electron chi connectivity index (χ3n) is 4.59. The fourth-order valence-electron chi connectivity index (χ4n) is 3.62. The highest BCUT2D eigenvalue weighted by molar-refractivity contribution is 5.90. The van der Waals surface area contributed by atoms with Crippen molar-refractivity contribution in [3.05, 3.63) is 24.3 Å². The second kappa shape index (κ2) is 7.01. The lowest BCUT2D eigenvalue weighted by Gasteiger charge is -2.28. The number of carbonyl (C=O) groups excluding carboxylic acids is 1. The molecule has 1 aromatic carbocycles. The Morgan fingerprint density at radius 3 is 2.38 bits per heavy atom. The smallest absolute Gasteiger partial charge is 0.422 e. The summed E-state index contributed by atoms with van der Waals surface area (Å²) < 4.78 is 40.9. The van der Waals surface area contributed by atoms with Crippen LogP contribution in [0, 0.1) is 5.92 Å². The summed E-state index contributed by atoms with van der Waals surface area (Å²) in [6.07, 6.45) is 0.592. The number of ether oxygens (including phenoxy) is 1. The van der Waals surface area contributed by atoms with E-state index >= 15 is 0 Å². The Labute approximate surface area is 138 Å². The van der Waals surface area contributed by atoms with Crippen molar-refractivity contribution >= 4 is 11.6 Å². The van der Waals surface area contributed by atoms with Crippen LogP contribution in [0.3, 0.4) is 0 Å². The van der Waals surface area contributed by atoms with Gasteiger partial charge in [-0.05, 0) is 55.9 Å². The molecular weight excluding hydrogens is 321 g/mol. The molecule has 1 amide bonds. The van der Waals surface area contributed by atoms with Crippen molar-refractivity contribution in [1.29, 1.82) is 0 Å². The topological polar surface area (TPSA) is 50.4 Å². The monoisotopic (exact) mass is 342 g/mol. The first-order valence-electron chi connectivity index (χ1n) is 8.23. The van der Waals surface area contributed by atoms with E-state index in [1.165, 1.54) is 25.0 Å². The zero-order valence-electron chi connectivity index (χ0n) is 13.2. The van der Waals surface area contributed by atoms with E-state index in [1.807, 2.05) is 0 Å². The van der Waals surface area contributed by atoms with Crippen molar-refractivity contribution in [2.45, 2.75) is 50.4 Å². The van der Waals surface area contributed by atoms with Gasteiger partial charge in [0.2, 0.25) is 5.91 Å². The van der Waals surface area contributed by atoms with Gasteiger partial charge < -0.3 is 15.4 Å². The lowest BCUT2D eigenvalue weighted by atomic mass is 9.89. The standard InChI is InChI=1S/C17H21F3N2O2/c18-17(19,20)10-24-15-5-3-12(4-6-15)22-16(23)9-11-7-13-1-2-14(8-11)21-13/h3-6,11,13-14,21H,1-2,7-10H2,(H,22,23). The molecule has 0 aromatic heterocycles. The molecule has 0 radical (unpaired) electrons. The molecule has 2 aliphatic heterocycles. The van der Waals surface area contributed by atoms with Gasteiger partial charge in [0.05, 0.1) is 0 Å². The van der Waals surface area contributed by atoms with Crippen molar-refractivity contribution < 1.29 is 22.7 Å². The second-order valence-electron chi connectivity index (χ2n) is 6.66. The van der Waals surface area contributed by atoms with E-state index in [0.717, 1.165) is 12.8 Å². The maximum absolute atomic E-state index is 12.1. The highest BCUT2D eigenvalue weighted by atomic mass is 19.4. The number of fused-ring (bicyclic) bond motifs is 2. The fraction of sp³-hybridized carbons (Fsp3) is 0.588. The minimum absolute atomic E-state index is 0.0507. The summed E-state index contributed by atoms with van der Waals surface area (Å²) in [5, 5.41) is 6.35. The Kier molecular flexibility index (Phi) is 4.99. The third-order valence-corrected chi connectivity index (χ3v) is 4.59. The summed E-state index contributed by atoms with van der Waals surface area (Å²) in [6, 6.07) is 7.04. The van der Waals surface area contributed by atoms with E-state index in [4.69, 9.17) is 0 Å². The molecule has 7 heteroatoms. The molecule has 2 unspecified atom stereocenters. The second-order valence-corrected chi connectivity index (χ2v) is 6.66. The molecule has 3 rings (SSSR count). The van der Waals surface area contributed by atoms with Crippen LogP contribution in [0.5, 0.6) is 5.75 Å². The van der Waals surface area contributed by atoms with E-state index in [9.17, 15) is 18.0 Å². The van der Waals surface area contributed by atoms with Crippen LogP contribution >= 0.6 is 0 Å². The van der Waals surface area contributed by atoms with E-state index in [0.29, 0.717) is 30.1 Å². The lowest BCUT2D eigenvalue weighted by molar-refractivity contribution is -0.153. The fourth-order valence-corrected chi connectivity index (χ4v) is 3.62. The summed E-state index contributed by atoms with van der Waals surface area (Å²) in [5.74, 6) is 0.476. The predicted molar refractivity (Wildman–Crippen MR) is 83.9 cm³/mol. The molecule has 0 saturated carbocycles. The van der Waals surface area contributed by atoms with Crippen LogP contribution < -0.4 is 15.4 Å². The Bertz CT molecular complexity index is 562. The summed E-state index contributed by atoms with van der Waals surface area (Å²) >= 11 is 0. The van der Waals surface area contributed by atoms with Gasteiger partial charge in [-0.1, -0.05) is 0 Å². The number of piperidine rings is 1. The summed E-state index contributed by atoms with van der Waals surface area (Å²) in [6.45, 7) is -1.32. The molecule has 4 nitrogen and oxygen atoms in total. The zero-order valence-corrected chi connectivity index (χ0v) is 13.2. The van der Waals surface area contributed by atoms with Crippen molar-refractivity contribution in [1.82, 2.24) is 5.32 Å². The summed E-state index contributed by atoms with van der Waals surface area (Å²) in [7, 11) is 0. The minimum atomic E-state index is -4.36. The van der Waals surface area contributed by atoms with E-state index in [2.05, 4.69) is 15.4 Å². The van der Waals surface area contributed by atoms with E-state index in [1.54, 1.807) is 12.1 Å². The molecule has 0 spiro atoms. The van der Waals surface area contributed by atoms with Crippen LogP contribution in [0.15, 0.2) is 24.3 Å². The molecular formula is C17H21F3N2O2. The SMILES string of the molecule is O=C(CC1CC2CCC(C1)N2)Nc1ccc(OCC(F)(F)F)cc1. The van der Waals surface area contributed by atoms with E-state index in [-0.39, 0.29) is 11.7 Å². The summed E-state index contributed by atoms with van der Waals surface area (Å²) in [5.41, 5.74) is 0.566. The number of nitrogens with one attached hydrogen (secondary N) is 2. The number of halogens is 3. The number of hydrogen-bond donors (Lipinski definition) is 2. The van der Waals surface area contributed by atoms with Gasteiger partial charge in [-0.2, -0.15) is 13.2 Å². The van der Waals surface area contributed by atoms with Gasteiger partial charge in [-0.15, -0.1) is 0 Å². The normalized spacial score (nSPS) is 26.2. The predicted octanol–water partition coefficient (Wildman–Crippen LogP) is 3.49. The van der Waals surface area contributed by atoms with Gasteiger partial charge >= 0.3 is 6.18 Å². The van der Waals surface area contributed by atoms with Gasteiger partial charge in [-0.3, -0.25) is 4.79 Å². The van der Waals surface area contributed by atoms with Crippen LogP contribution in [0.25, 0.3) is 0 Å². The lowest BCUT2D eigenvalue weighted by Crippen LogP contribution is -2.39. The number of rotatable bonds is 5. The average Bonchev–Trinajstić information content (AvgIpc) is 2.84. The third kappa shape index (κ3) is 4.87. The quantitative estimate of drug-likeness (QED) is 0.861. The number of amides is 1. The van der Waals surface area contributed by atoms with Gasteiger partial charge in [0.25, 0.3) is 0 Å². The molecule has 2 N–H and O–H groups in total. The Hall–Kier alpha value is -1.76. The van der Waals surface area contributed by atoms with Crippen LogP contribution in [0.2, 0.25) is 0 Å². The number of hydrogen-bond acceptors (Lipinski definition) is 3. The minimum Gasteiger partial charge on any atom is -0.484 e. The van der Waals surface area contributed by atoms with Gasteiger partial charge in [0.15, 0.2) is 6.61 Å². The molecule has 2 aliphatic rings. The number of benzene rings is 1. The van der Waals surface area contributed by atoms with Crippen molar-refractivity contribution in [2.75, 3.05) is 11.9 Å². The van der Waals surface area contributed by atoms with Gasteiger partial charge in [0, 0.05) is 24.2 Å². The number of anilines is 1. The molecule has 2 heterocycles. The van der Waals surface area contributed by atoms with Crippen LogP contribution in [-0.4, -0.2) is 30.8 Å². The first-order chi connectivity index (χ1) is 11.4. The highest BCUT2D eigenvalue weighted by Crippen LogP contribution is 2.32. The van der Waals surface area contributed by atoms with Gasteiger partial charge in [0.1, 0.15) is 5.75 Å². The zero-order chi connectivity index (χ0) is 17.2. The molecule has 0 aliphatic carbocycles. The Morgan fingerprint density at radius 2 is 1.79 bits per heavy atom. The van der Waals surface area contributed by atoms with Gasteiger partial charge in [-0.25, -0.2) is 0 Å². The van der Waals surface area contributed by atoms with Crippen LogP contribution in [-0.2, 0) is 4.79 Å². The summed E-state index contributed by atoms with van der Waals surface area (Å²) in [4.78, 5) is 12.1. The molecule has 2 saturated heterocycles. The van der Waals surface area contributed by atoms with Crippen molar-refractivity contribution in [2.24, 2.45) is 5.92 Å². The number of carbonyl (C=O) groups is 1. The van der Waals surface area contributed by atoms with Crippen molar-refractivity contribution in [3.8, 4) is 5.75 Å². The van der Waals surface area contributed by atoms with E-state index < -0.39 is 12.8 Å². The number of alkyl halides is 3. The first-order valence-corrected chi connectivity index (χ1v) is 8.23. The molecule has 2 atom stereocenters. The molecule has 2 bridgehead atoms. The highest BCUT2D eigenvalue weighted by Gasteiger charge is 2.34. The maximum Gasteiger partial charge on any atom is 0.422 e. The van der Waals surface area contributed by atoms with Crippen molar-refractivity contribution in [3.63, 3.8) is 0 Å². The largest absolute Gasteiger partial charge is 0.484 e. The van der Waals surface area contributed by atoms with Crippen LogP contribution in [0.1, 0.15) is 32.1 Å². The average molecular weight is 342 g/mol. The first kappa shape index (κ1) is 17.1.